The zero-order valence-corrected chi connectivity index (χ0v) is 21.9. The molecule has 2 heterocycles. The molecule has 1 aliphatic rings. The van der Waals surface area contributed by atoms with Gasteiger partial charge in [0.2, 0.25) is 9.84 Å². The highest BCUT2D eigenvalue weighted by Crippen LogP contribution is 2.44. The summed E-state index contributed by atoms with van der Waals surface area (Å²) in [6.07, 6.45) is -0.0480. The number of halogens is 1. The van der Waals surface area contributed by atoms with Crippen LogP contribution < -0.4 is 20.1 Å². The molecule has 1 amide bonds. The highest BCUT2D eigenvalue weighted by atomic mass is 35.5. The van der Waals surface area contributed by atoms with Gasteiger partial charge in [0.1, 0.15) is 21.3 Å². The van der Waals surface area contributed by atoms with Crippen molar-refractivity contribution in [1.82, 2.24) is 4.98 Å². The maximum Gasteiger partial charge on any atom is 0.311 e. The highest BCUT2D eigenvalue weighted by Gasteiger charge is 2.35. The van der Waals surface area contributed by atoms with E-state index in [9.17, 15) is 18.0 Å². The summed E-state index contributed by atoms with van der Waals surface area (Å²) in [6, 6.07) is 5.65. The summed E-state index contributed by atoms with van der Waals surface area (Å²) in [6.45, 7) is 3.70. The average molecular weight is 552 g/mol. The molecule has 0 fully saturated rings. The van der Waals surface area contributed by atoms with Crippen molar-refractivity contribution in [2.24, 2.45) is 0 Å². The number of thiazole rings is 1. The second kappa shape index (κ2) is 10.3. The van der Waals surface area contributed by atoms with Crippen LogP contribution in [0.2, 0.25) is 5.02 Å². The van der Waals surface area contributed by atoms with E-state index in [1.54, 1.807) is 19.2 Å². The summed E-state index contributed by atoms with van der Waals surface area (Å²) < 4.78 is 43.6. The third-order valence-electron chi connectivity index (χ3n) is 5.21. The van der Waals surface area contributed by atoms with Crippen molar-refractivity contribution >= 4 is 55.5 Å². The lowest BCUT2D eigenvalue weighted by Crippen LogP contribution is -2.18. The highest BCUT2D eigenvalue weighted by molar-refractivity contribution is 7.91. The van der Waals surface area contributed by atoms with E-state index in [0.717, 1.165) is 11.3 Å². The van der Waals surface area contributed by atoms with Gasteiger partial charge in [-0.3, -0.25) is 14.9 Å². The van der Waals surface area contributed by atoms with Crippen LogP contribution in [0.25, 0.3) is 0 Å². The lowest BCUT2D eigenvalue weighted by Gasteiger charge is -2.17. The van der Waals surface area contributed by atoms with E-state index < -0.39 is 21.7 Å². The Kier molecular flexibility index (Phi) is 7.38. The molecule has 2 aromatic carbocycles. The van der Waals surface area contributed by atoms with Crippen LogP contribution in [0, 0.1) is 6.92 Å². The molecule has 0 bridgehead atoms. The Bertz CT molecular complexity index is 1450. The van der Waals surface area contributed by atoms with Crippen LogP contribution in [0.3, 0.4) is 0 Å². The van der Waals surface area contributed by atoms with Crippen LogP contribution >= 0.6 is 22.9 Å². The molecule has 10 nitrogen and oxygen atoms in total. The largest absolute Gasteiger partial charge is 0.495 e. The average Bonchev–Trinajstić information content (AvgIpc) is 3.49. The van der Waals surface area contributed by atoms with Gasteiger partial charge in [-0.25, -0.2) is 13.4 Å². The Morgan fingerprint density at radius 1 is 1.31 bits per heavy atom. The van der Waals surface area contributed by atoms with Crippen LogP contribution in [-0.2, 0) is 25.8 Å². The molecule has 0 radical (unpaired) electrons. The van der Waals surface area contributed by atoms with E-state index in [1.807, 2.05) is 0 Å². The Morgan fingerprint density at radius 2 is 2.08 bits per heavy atom. The van der Waals surface area contributed by atoms with Crippen molar-refractivity contribution in [3.8, 4) is 11.5 Å². The molecule has 1 aliphatic heterocycles. The van der Waals surface area contributed by atoms with Gasteiger partial charge in [0.05, 0.1) is 37.1 Å². The first-order valence-corrected chi connectivity index (χ1v) is 13.4. The third kappa shape index (κ3) is 4.97. The standard InChI is InChI=1S/C23H22ClN3O7S2/c1-4-33-18(28)9-14-10-35-23(26-14)27-22(29)15-7-12(2)20-19(25-11-34-20)21(15)36(30,31)17-8-13(24)5-6-16(17)32-3/h5-8,10,25H,4,9,11H2,1-3H3,(H,26,27,29). The van der Waals surface area contributed by atoms with E-state index >= 15 is 0 Å². The molecular formula is C23H22ClN3O7S2. The molecule has 0 spiro atoms. The summed E-state index contributed by atoms with van der Waals surface area (Å²) >= 11 is 7.20. The minimum Gasteiger partial charge on any atom is -0.495 e. The van der Waals surface area contributed by atoms with Crippen molar-refractivity contribution in [1.29, 1.82) is 0 Å². The molecular weight excluding hydrogens is 530 g/mol. The number of rotatable bonds is 8. The number of aryl methyl sites for hydroxylation is 1. The molecule has 0 aliphatic carbocycles. The van der Waals surface area contributed by atoms with E-state index in [2.05, 4.69) is 15.6 Å². The minimum atomic E-state index is -4.32. The van der Waals surface area contributed by atoms with Gasteiger partial charge >= 0.3 is 5.97 Å². The Morgan fingerprint density at radius 3 is 2.81 bits per heavy atom. The molecule has 3 aromatic rings. The molecule has 2 N–H and O–H groups in total. The Hall–Kier alpha value is -3.35. The van der Waals surface area contributed by atoms with E-state index in [4.69, 9.17) is 25.8 Å². The topological polar surface area (TPSA) is 133 Å². The summed E-state index contributed by atoms with van der Waals surface area (Å²) in [4.78, 5) is 28.9. The van der Waals surface area contributed by atoms with Gasteiger partial charge in [0.25, 0.3) is 5.91 Å². The first-order chi connectivity index (χ1) is 17.1. The molecule has 0 unspecified atom stereocenters. The van der Waals surface area contributed by atoms with E-state index in [1.165, 1.54) is 31.4 Å². The normalized spacial score (nSPS) is 12.3. The van der Waals surface area contributed by atoms with Gasteiger partial charge in [0, 0.05) is 10.4 Å². The monoisotopic (exact) mass is 551 g/mol. The first kappa shape index (κ1) is 25.7. The summed E-state index contributed by atoms with van der Waals surface area (Å²) in [5.41, 5.74) is 1.04. The molecule has 190 valence electrons. The number of methoxy groups -OCH3 is 1. The third-order valence-corrected chi connectivity index (χ3v) is 8.12. The fourth-order valence-electron chi connectivity index (χ4n) is 3.70. The predicted molar refractivity (Wildman–Crippen MR) is 134 cm³/mol. The number of nitrogens with zero attached hydrogens (tertiary/aromatic N) is 1. The van der Waals surface area contributed by atoms with Crippen LogP contribution in [0.15, 0.2) is 39.4 Å². The van der Waals surface area contributed by atoms with Gasteiger partial charge in [-0.15, -0.1) is 11.3 Å². The van der Waals surface area contributed by atoms with Crippen molar-refractivity contribution < 1.29 is 32.2 Å². The molecule has 1 aromatic heterocycles. The number of nitrogens with one attached hydrogen (secondary N) is 2. The number of carbonyl (C=O) groups is 2. The Labute approximate surface area is 216 Å². The molecule has 4 rings (SSSR count). The van der Waals surface area contributed by atoms with Gasteiger partial charge in [-0.1, -0.05) is 11.6 Å². The Balaban J connectivity index is 1.77. The SMILES string of the molecule is CCOC(=O)Cc1csc(NC(=O)c2cc(C)c3c(c2S(=O)(=O)c2cc(Cl)ccc2OC)NCO3)n1. The number of sulfone groups is 1. The summed E-state index contributed by atoms with van der Waals surface area (Å²) in [5.74, 6) is -0.740. The number of hydrogen-bond acceptors (Lipinski definition) is 10. The van der Waals surface area contributed by atoms with Crippen molar-refractivity contribution in [3.05, 3.63) is 51.5 Å². The van der Waals surface area contributed by atoms with Gasteiger partial charge in [-0.2, -0.15) is 0 Å². The number of fused-ring (bicyclic) bond motifs is 1. The van der Waals surface area contributed by atoms with Crippen LogP contribution in [0.1, 0.15) is 28.5 Å². The van der Waals surface area contributed by atoms with Crippen molar-refractivity contribution in [2.75, 3.05) is 31.1 Å². The maximum absolute atomic E-state index is 13.9. The predicted octanol–water partition coefficient (Wildman–Crippen LogP) is 4.07. The zero-order valence-electron chi connectivity index (χ0n) is 19.5. The number of carbonyl (C=O) groups excluding carboxylic acids is 2. The van der Waals surface area contributed by atoms with Crippen molar-refractivity contribution in [2.45, 2.75) is 30.1 Å². The number of amides is 1. The van der Waals surface area contributed by atoms with Crippen LogP contribution in [0.4, 0.5) is 10.8 Å². The zero-order chi connectivity index (χ0) is 26.0. The minimum absolute atomic E-state index is 0.0418. The lowest BCUT2D eigenvalue weighted by atomic mass is 10.1. The molecule has 13 heteroatoms. The number of ether oxygens (including phenoxy) is 3. The molecule has 0 atom stereocenters. The van der Waals surface area contributed by atoms with E-state index in [0.29, 0.717) is 17.0 Å². The fourth-order valence-corrected chi connectivity index (χ4v) is 6.43. The molecule has 36 heavy (non-hydrogen) atoms. The van der Waals surface area contributed by atoms with Gasteiger partial charge in [0.15, 0.2) is 11.9 Å². The first-order valence-electron chi connectivity index (χ1n) is 10.7. The number of benzene rings is 2. The second-order valence-electron chi connectivity index (χ2n) is 7.62. The number of anilines is 2. The van der Waals surface area contributed by atoms with Gasteiger partial charge < -0.3 is 19.5 Å². The van der Waals surface area contributed by atoms with Gasteiger partial charge in [-0.05, 0) is 43.7 Å². The quantitative estimate of drug-likeness (QED) is 0.397. The molecule has 0 saturated heterocycles. The van der Waals surface area contributed by atoms with Crippen molar-refractivity contribution in [3.63, 3.8) is 0 Å². The summed E-state index contributed by atoms with van der Waals surface area (Å²) in [7, 11) is -2.98. The number of aromatic nitrogens is 1. The fraction of sp³-hybridized carbons (Fsp3) is 0.261. The van der Waals surface area contributed by atoms with Crippen LogP contribution in [-0.4, -0.2) is 45.7 Å². The maximum atomic E-state index is 13.9. The number of esters is 1. The smallest absolute Gasteiger partial charge is 0.311 e. The van der Waals surface area contributed by atoms with Crippen LogP contribution in [0.5, 0.6) is 11.5 Å². The summed E-state index contributed by atoms with van der Waals surface area (Å²) in [5, 5.41) is 7.55. The number of hydrogen-bond donors (Lipinski definition) is 2. The molecule has 0 saturated carbocycles. The van der Waals surface area contributed by atoms with E-state index in [-0.39, 0.29) is 56.7 Å². The second-order valence-corrected chi connectivity index (χ2v) is 10.8. The lowest BCUT2D eigenvalue weighted by molar-refractivity contribution is -0.142.